The molecule has 0 saturated carbocycles. The second-order valence-electron chi connectivity index (χ2n) is 5.35. The van der Waals surface area contributed by atoms with E-state index in [1.807, 2.05) is 19.2 Å². The number of thiazole rings is 1. The van der Waals surface area contributed by atoms with Gasteiger partial charge in [0.15, 0.2) is 0 Å². The first-order valence-electron chi connectivity index (χ1n) is 6.22. The van der Waals surface area contributed by atoms with Crippen LogP contribution in [0.3, 0.4) is 0 Å². The molecule has 0 radical (unpaired) electrons. The molecule has 2 rings (SSSR count). The molecule has 5 nitrogen and oxygen atoms in total. The van der Waals surface area contributed by atoms with E-state index in [0.717, 1.165) is 0 Å². The second-order valence-corrected chi connectivity index (χ2v) is 6.62. The predicted octanol–water partition coefficient (Wildman–Crippen LogP) is 2.55. The normalized spacial score (nSPS) is 12.1. The molecule has 0 aliphatic carbocycles. The summed E-state index contributed by atoms with van der Waals surface area (Å²) in [5.74, 6) is -0.0785. The Kier molecular flexibility index (Phi) is 3.88. The number of aromatic nitrogens is 3. The van der Waals surface area contributed by atoms with Crippen LogP contribution in [0.2, 0.25) is 5.15 Å². The van der Waals surface area contributed by atoms with Crippen molar-refractivity contribution >= 4 is 22.9 Å². The molecular formula is C13H16ClN3O2S. The summed E-state index contributed by atoms with van der Waals surface area (Å²) in [6.07, 6.45) is 1.65. The van der Waals surface area contributed by atoms with Crippen LogP contribution in [0.25, 0.3) is 0 Å². The highest BCUT2D eigenvalue weighted by Crippen LogP contribution is 2.25. The molecule has 0 amide bonds. The first-order valence-corrected chi connectivity index (χ1v) is 7.47. The summed E-state index contributed by atoms with van der Waals surface area (Å²) in [6.45, 7) is 7.31. The van der Waals surface area contributed by atoms with Crippen LogP contribution in [-0.2, 0) is 5.54 Å². The van der Waals surface area contributed by atoms with Gasteiger partial charge in [0, 0.05) is 11.6 Å². The van der Waals surface area contributed by atoms with Crippen molar-refractivity contribution in [1.82, 2.24) is 14.5 Å². The molecule has 2 heterocycles. The van der Waals surface area contributed by atoms with Gasteiger partial charge in [0.2, 0.25) is 0 Å². The quantitative estimate of drug-likeness (QED) is 0.885. The monoisotopic (exact) mass is 313 g/mol. The molecule has 0 aromatic carbocycles. The molecule has 0 saturated heterocycles. The number of nitrogens with one attached hydrogen (secondary N) is 1. The van der Waals surface area contributed by atoms with Crippen molar-refractivity contribution in [1.29, 1.82) is 0 Å². The Labute approximate surface area is 125 Å². The van der Waals surface area contributed by atoms with E-state index < -0.39 is 11.2 Å². The zero-order chi connectivity index (χ0) is 15.1. The number of H-pyrrole nitrogens is 1. The van der Waals surface area contributed by atoms with E-state index in [1.165, 1.54) is 15.9 Å². The van der Waals surface area contributed by atoms with E-state index in [4.69, 9.17) is 11.6 Å². The van der Waals surface area contributed by atoms with Gasteiger partial charge in [-0.1, -0.05) is 25.4 Å². The summed E-state index contributed by atoms with van der Waals surface area (Å²) in [6, 6.07) is 0. The highest BCUT2D eigenvalue weighted by Gasteiger charge is 2.31. The summed E-state index contributed by atoms with van der Waals surface area (Å²) in [5, 5.41) is 2.62. The van der Waals surface area contributed by atoms with Crippen LogP contribution in [0.4, 0.5) is 0 Å². The van der Waals surface area contributed by atoms with Crippen LogP contribution in [0, 0.1) is 0 Å². The molecule has 0 aliphatic rings. The van der Waals surface area contributed by atoms with E-state index in [1.54, 1.807) is 20.0 Å². The van der Waals surface area contributed by atoms with Crippen molar-refractivity contribution < 1.29 is 0 Å². The smallest absolute Gasteiger partial charge is 0.297 e. The molecule has 20 heavy (non-hydrogen) atoms. The molecule has 0 atom stereocenters. The maximum absolute atomic E-state index is 12.6. The molecule has 0 spiro atoms. The molecule has 0 aliphatic heterocycles. The van der Waals surface area contributed by atoms with Gasteiger partial charge in [0.25, 0.3) is 5.56 Å². The zero-order valence-corrected chi connectivity index (χ0v) is 13.3. The number of nitrogens with zero attached hydrogens (tertiary/aromatic N) is 2. The molecule has 7 heteroatoms. The van der Waals surface area contributed by atoms with E-state index in [2.05, 4.69) is 9.97 Å². The van der Waals surface area contributed by atoms with E-state index in [9.17, 15) is 9.59 Å². The Morgan fingerprint density at radius 1 is 1.40 bits per heavy atom. The molecule has 108 valence electrons. The third kappa shape index (κ3) is 2.33. The zero-order valence-electron chi connectivity index (χ0n) is 11.7. The summed E-state index contributed by atoms with van der Waals surface area (Å²) < 4.78 is 1.19. The van der Waals surface area contributed by atoms with Gasteiger partial charge < -0.3 is 0 Å². The minimum absolute atomic E-state index is 0.0785. The van der Waals surface area contributed by atoms with Gasteiger partial charge >= 0.3 is 5.69 Å². The van der Waals surface area contributed by atoms with E-state index in [-0.39, 0.29) is 16.6 Å². The lowest BCUT2D eigenvalue weighted by Crippen LogP contribution is -2.48. The van der Waals surface area contributed by atoms with Crippen LogP contribution in [0.1, 0.15) is 44.2 Å². The molecule has 0 bridgehead atoms. The van der Waals surface area contributed by atoms with Crippen molar-refractivity contribution in [2.24, 2.45) is 0 Å². The minimum Gasteiger partial charge on any atom is -0.297 e. The first-order chi connectivity index (χ1) is 9.26. The highest BCUT2D eigenvalue weighted by atomic mass is 35.5. The molecule has 2 aromatic rings. The number of aromatic amines is 1. The summed E-state index contributed by atoms with van der Waals surface area (Å²) in [5.41, 5.74) is -1.30. The average molecular weight is 314 g/mol. The fourth-order valence-electron chi connectivity index (χ4n) is 2.15. The highest BCUT2D eigenvalue weighted by molar-refractivity contribution is 7.09. The Morgan fingerprint density at radius 3 is 2.55 bits per heavy atom. The molecule has 2 aromatic heterocycles. The fourth-order valence-corrected chi connectivity index (χ4v) is 3.28. The van der Waals surface area contributed by atoms with Crippen molar-refractivity contribution in [2.45, 2.75) is 39.2 Å². The van der Waals surface area contributed by atoms with Crippen molar-refractivity contribution in [2.75, 3.05) is 0 Å². The Balaban J connectivity index is 2.79. The Bertz CT molecular complexity index is 729. The summed E-state index contributed by atoms with van der Waals surface area (Å²) in [4.78, 5) is 31.6. The molecule has 0 unspecified atom stereocenters. The van der Waals surface area contributed by atoms with Crippen LogP contribution >= 0.6 is 22.9 Å². The SMILES string of the molecule is CC(C)c1c(Cl)[nH]c(=O)n(C(C)(C)c2nccs2)c1=O. The predicted molar refractivity (Wildman–Crippen MR) is 81.0 cm³/mol. The van der Waals surface area contributed by atoms with Crippen LogP contribution < -0.4 is 11.2 Å². The fraction of sp³-hybridized carbons (Fsp3) is 0.462. The minimum atomic E-state index is -0.826. The number of halogens is 1. The summed E-state index contributed by atoms with van der Waals surface area (Å²) >= 11 is 7.40. The van der Waals surface area contributed by atoms with Crippen LogP contribution in [0.15, 0.2) is 21.2 Å². The van der Waals surface area contributed by atoms with Crippen LogP contribution in [-0.4, -0.2) is 14.5 Å². The lowest BCUT2D eigenvalue weighted by atomic mass is 10.0. The van der Waals surface area contributed by atoms with Gasteiger partial charge in [-0.15, -0.1) is 11.3 Å². The lowest BCUT2D eigenvalue weighted by Gasteiger charge is -2.25. The second kappa shape index (κ2) is 5.18. The lowest BCUT2D eigenvalue weighted by molar-refractivity contribution is 0.396. The van der Waals surface area contributed by atoms with Crippen molar-refractivity contribution in [3.05, 3.63) is 48.1 Å². The van der Waals surface area contributed by atoms with Gasteiger partial charge in [-0.2, -0.15) is 0 Å². The van der Waals surface area contributed by atoms with Gasteiger partial charge in [0.05, 0.1) is 11.1 Å². The average Bonchev–Trinajstić information content (AvgIpc) is 2.80. The summed E-state index contributed by atoms with van der Waals surface area (Å²) in [7, 11) is 0. The number of rotatable bonds is 3. The molecule has 0 fully saturated rings. The largest absolute Gasteiger partial charge is 0.330 e. The Morgan fingerprint density at radius 2 is 2.05 bits per heavy atom. The van der Waals surface area contributed by atoms with Gasteiger partial charge in [-0.3, -0.25) is 9.78 Å². The standard InChI is InChI=1S/C13H16ClN3O2S/c1-7(2)8-9(14)16-12(19)17(10(8)18)13(3,4)11-15-5-6-20-11/h5-7H,1-4H3,(H,16,19). The first kappa shape index (κ1) is 15.0. The maximum atomic E-state index is 12.6. The molecule has 1 N–H and O–H groups in total. The van der Waals surface area contributed by atoms with Gasteiger partial charge in [0.1, 0.15) is 10.2 Å². The van der Waals surface area contributed by atoms with Crippen molar-refractivity contribution in [3.8, 4) is 0 Å². The Hall–Kier alpha value is -1.40. The van der Waals surface area contributed by atoms with E-state index in [0.29, 0.717) is 10.6 Å². The maximum Gasteiger partial charge on any atom is 0.330 e. The number of hydrogen-bond acceptors (Lipinski definition) is 4. The van der Waals surface area contributed by atoms with E-state index >= 15 is 0 Å². The third-order valence-electron chi connectivity index (χ3n) is 3.18. The third-order valence-corrected chi connectivity index (χ3v) is 4.57. The number of hydrogen-bond donors (Lipinski definition) is 1. The van der Waals surface area contributed by atoms with Gasteiger partial charge in [-0.05, 0) is 19.8 Å². The van der Waals surface area contributed by atoms with Crippen molar-refractivity contribution in [3.63, 3.8) is 0 Å². The van der Waals surface area contributed by atoms with Crippen LogP contribution in [0.5, 0.6) is 0 Å². The topological polar surface area (TPSA) is 67.8 Å². The molecular weight excluding hydrogens is 298 g/mol. The van der Waals surface area contributed by atoms with Gasteiger partial charge in [-0.25, -0.2) is 14.3 Å².